The average molecular weight is 160 g/mol. The zero-order valence-electron chi connectivity index (χ0n) is 5.89. The van der Waals surface area contributed by atoms with Gasteiger partial charge in [-0.3, -0.25) is 0 Å². The lowest BCUT2D eigenvalue weighted by molar-refractivity contribution is 0.617. The number of nitrogen functional groups attached to an aromatic ring is 1. The van der Waals surface area contributed by atoms with Crippen LogP contribution in [0.3, 0.4) is 0 Å². The highest BCUT2D eigenvalue weighted by molar-refractivity contribution is 7.13. The summed E-state index contributed by atoms with van der Waals surface area (Å²) in [5.74, 6) is 0.119. The number of nitrogens with zero attached hydrogens (tertiary/aromatic N) is 1. The first-order valence-corrected chi connectivity index (χ1v) is 3.84. The van der Waals surface area contributed by atoms with Crippen LogP contribution in [0.4, 0.5) is 9.52 Å². The highest BCUT2D eigenvalue weighted by Gasteiger charge is 2.11. The van der Waals surface area contributed by atoms with Crippen molar-refractivity contribution in [1.82, 2.24) is 4.98 Å². The van der Waals surface area contributed by atoms with Gasteiger partial charge < -0.3 is 5.73 Å². The van der Waals surface area contributed by atoms with Gasteiger partial charge >= 0.3 is 0 Å². The van der Waals surface area contributed by atoms with Crippen molar-refractivity contribution < 1.29 is 4.39 Å². The predicted molar refractivity (Wildman–Crippen MR) is 40.6 cm³/mol. The molecule has 0 aliphatic rings. The second kappa shape index (κ2) is 2.54. The Morgan fingerprint density at radius 1 is 1.60 bits per heavy atom. The van der Waals surface area contributed by atoms with Crippen molar-refractivity contribution in [3.63, 3.8) is 0 Å². The molecule has 2 nitrogen and oxygen atoms in total. The second-order valence-electron chi connectivity index (χ2n) is 2.37. The lowest BCUT2D eigenvalue weighted by Crippen LogP contribution is -1.91. The molecule has 0 atom stereocenters. The minimum Gasteiger partial charge on any atom is -0.375 e. The standard InChI is InChI=1S/C6H9FN2S/c1-3(2)4-5(7)10-6(8)9-4/h3H,1-2H3,(H2,8,9). The molecule has 56 valence electrons. The maximum atomic E-state index is 12.7. The molecule has 2 N–H and O–H groups in total. The van der Waals surface area contributed by atoms with Crippen LogP contribution in [0.25, 0.3) is 0 Å². The van der Waals surface area contributed by atoms with Crippen LogP contribution in [0.15, 0.2) is 0 Å². The number of anilines is 1. The van der Waals surface area contributed by atoms with E-state index in [4.69, 9.17) is 5.73 Å². The quantitative estimate of drug-likeness (QED) is 0.682. The SMILES string of the molecule is CC(C)c1nc(N)sc1F. The van der Waals surface area contributed by atoms with E-state index in [1.807, 2.05) is 13.8 Å². The summed E-state index contributed by atoms with van der Waals surface area (Å²) in [5.41, 5.74) is 5.76. The van der Waals surface area contributed by atoms with Crippen molar-refractivity contribution >= 4 is 16.5 Å². The van der Waals surface area contributed by atoms with E-state index in [9.17, 15) is 4.39 Å². The summed E-state index contributed by atoms with van der Waals surface area (Å²) in [6, 6.07) is 0. The number of hydrogen-bond donors (Lipinski definition) is 1. The molecule has 1 aromatic heterocycles. The van der Waals surface area contributed by atoms with Gasteiger partial charge in [-0.2, -0.15) is 4.39 Å². The van der Waals surface area contributed by atoms with Gasteiger partial charge in [-0.05, 0) is 5.92 Å². The molecule has 4 heteroatoms. The Balaban J connectivity index is 3.03. The van der Waals surface area contributed by atoms with E-state index in [0.29, 0.717) is 10.8 Å². The molecule has 0 unspecified atom stereocenters. The van der Waals surface area contributed by atoms with Crippen molar-refractivity contribution in [3.8, 4) is 0 Å². The molecule has 0 saturated carbocycles. The molecule has 0 radical (unpaired) electrons. The molecular formula is C6H9FN2S. The van der Waals surface area contributed by atoms with E-state index < -0.39 is 0 Å². The molecule has 0 aromatic carbocycles. The molecule has 0 aliphatic heterocycles. The van der Waals surface area contributed by atoms with Crippen LogP contribution in [-0.4, -0.2) is 4.98 Å². The monoisotopic (exact) mass is 160 g/mol. The van der Waals surface area contributed by atoms with Crippen LogP contribution in [0.1, 0.15) is 25.5 Å². The van der Waals surface area contributed by atoms with Crippen molar-refractivity contribution in [2.75, 3.05) is 5.73 Å². The fraction of sp³-hybridized carbons (Fsp3) is 0.500. The number of thiazole rings is 1. The summed E-state index contributed by atoms with van der Waals surface area (Å²) in [4.78, 5) is 3.83. The minimum atomic E-state index is -0.257. The Morgan fingerprint density at radius 3 is 2.40 bits per heavy atom. The summed E-state index contributed by atoms with van der Waals surface area (Å²) >= 11 is 0.898. The zero-order chi connectivity index (χ0) is 7.72. The molecule has 1 rings (SSSR count). The van der Waals surface area contributed by atoms with Crippen LogP contribution in [0, 0.1) is 5.13 Å². The first-order chi connectivity index (χ1) is 4.61. The normalized spacial score (nSPS) is 10.8. The maximum absolute atomic E-state index is 12.7. The van der Waals surface area contributed by atoms with E-state index in [2.05, 4.69) is 4.98 Å². The molecule has 0 aliphatic carbocycles. The summed E-state index contributed by atoms with van der Waals surface area (Å²) in [6.45, 7) is 3.77. The molecule has 1 aromatic rings. The Hall–Kier alpha value is -0.640. The van der Waals surface area contributed by atoms with Crippen molar-refractivity contribution in [2.24, 2.45) is 0 Å². The fourth-order valence-electron chi connectivity index (χ4n) is 0.686. The largest absolute Gasteiger partial charge is 0.375 e. The second-order valence-corrected chi connectivity index (χ2v) is 3.35. The Morgan fingerprint density at radius 2 is 2.20 bits per heavy atom. The predicted octanol–water partition coefficient (Wildman–Crippen LogP) is 1.99. The van der Waals surface area contributed by atoms with Gasteiger partial charge in [-0.25, -0.2) is 4.98 Å². The molecule has 10 heavy (non-hydrogen) atoms. The molecule has 0 spiro atoms. The summed E-state index contributed by atoms with van der Waals surface area (Å²) in [6.07, 6.45) is 0. The molecular weight excluding hydrogens is 151 g/mol. The highest BCUT2D eigenvalue weighted by atomic mass is 32.1. The van der Waals surface area contributed by atoms with Gasteiger partial charge in [0.15, 0.2) is 5.13 Å². The van der Waals surface area contributed by atoms with E-state index in [0.717, 1.165) is 11.3 Å². The third kappa shape index (κ3) is 1.26. The summed E-state index contributed by atoms with van der Waals surface area (Å²) < 4.78 is 12.7. The first-order valence-electron chi connectivity index (χ1n) is 3.03. The smallest absolute Gasteiger partial charge is 0.201 e. The first kappa shape index (κ1) is 7.47. The third-order valence-electron chi connectivity index (χ3n) is 1.17. The fourth-order valence-corrected chi connectivity index (χ4v) is 1.40. The highest BCUT2D eigenvalue weighted by Crippen LogP contribution is 2.23. The van der Waals surface area contributed by atoms with Crippen LogP contribution >= 0.6 is 11.3 Å². The van der Waals surface area contributed by atoms with E-state index in [-0.39, 0.29) is 11.0 Å². The van der Waals surface area contributed by atoms with Crippen molar-refractivity contribution in [3.05, 3.63) is 10.8 Å². The molecule has 0 bridgehead atoms. The Labute approximate surface area is 62.9 Å². The van der Waals surface area contributed by atoms with Gasteiger partial charge in [0.2, 0.25) is 5.13 Å². The zero-order valence-corrected chi connectivity index (χ0v) is 6.70. The lowest BCUT2D eigenvalue weighted by atomic mass is 10.2. The maximum Gasteiger partial charge on any atom is 0.201 e. The average Bonchev–Trinajstić information content (AvgIpc) is 2.10. The van der Waals surface area contributed by atoms with E-state index in [1.54, 1.807) is 0 Å². The topological polar surface area (TPSA) is 38.9 Å². The van der Waals surface area contributed by atoms with Gasteiger partial charge in [0.25, 0.3) is 0 Å². The summed E-state index contributed by atoms with van der Waals surface area (Å²) in [5, 5.41) is 0.0497. The van der Waals surface area contributed by atoms with E-state index >= 15 is 0 Å². The summed E-state index contributed by atoms with van der Waals surface area (Å²) in [7, 11) is 0. The Bertz CT molecular complexity index is 232. The Kier molecular flexibility index (Phi) is 1.89. The van der Waals surface area contributed by atoms with Crippen LogP contribution in [-0.2, 0) is 0 Å². The van der Waals surface area contributed by atoms with Crippen LogP contribution in [0.2, 0.25) is 0 Å². The molecule has 0 saturated heterocycles. The third-order valence-corrected chi connectivity index (χ3v) is 1.86. The number of nitrogens with two attached hydrogens (primary N) is 1. The number of halogens is 1. The van der Waals surface area contributed by atoms with Gasteiger partial charge in [-0.1, -0.05) is 25.2 Å². The lowest BCUT2D eigenvalue weighted by Gasteiger charge is -1.96. The van der Waals surface area contributed by atoms with Crippen LogP contribution < -0.4 is 5.73 Å². The van der Waals surface area contributed by atoms with Gasteiger partial charge in [0, 0.05) is 0 Å². The molecule has 1 heterocycles. The number of hydrogen-bond acceptors (Lipinski definition) is 3. The van der Waals surface area contributed by atoms with Crippen molar-refractivity contribution in [1.29, 1.82) is 0 Å². The van der Waals surface area contributed by atoms with Crippen LogP contribution in [0.5, 0.6) is 0 Å². The number of rotatable bonds is 1. The van der Waals surface area contributed by atoms with E-state index in [1.165, 1.54) is 0 Å². The number of aromatic nitrogens is 1. The molecule has 0 fully saturated rings. The van der Waals surface area contributed by atoms with Crippen molar-refractivity contribution in [2.45, 2.75) is 19.8 Å². The van der Waals surface area contributed by atoms with Gasteiger partial charge in [-0.15, -0.1) is 0 Å². The van der Waals surface area contributed by atoms with Gasteiger partial charge in [0.1, 0.15) is 0 Å². The van der Waals surface area contributed by atoms with Gasteiger partial charge in [0.05, 0.1) is 5.69 Å². The minimum absolute atomic E-state index is 0.119. The molecule has 0 amide bonds.